The molecule has 1 aromatic carbocycles. The number of aliphatic carboxylic acids is 1. The van der Waals surface area contributed by atoms with Gasteiger partial charge in [0.25, 0.3) is 5.69 Å². The fourth-order valence-corrected chi connectivity index (χ4v) is 2.28. The fourth-order valence-electron chi connectivity index (χ4n) is 1.15. The smallest absolute Gasteiger partial charge is 0.307 e. The molecule has 0 saturated carbocycles. The normalized spacial score (nSPS) is 12.9. The summed E-state index contributed by atoms with van der Waals surface area (Å²) in [6, 6.07) is 4.31. The summed E-state index contributed by atoms with van der Waals surface area (Å²) in [5.74, 6) is -1.99. The van der Waals surface area contributed by atoms with Gasteiger partial charge in [-0.3, -0.25) is 14.9 Å². The van der Waals surface area contributed by atoms with Gasteiger partial charge in [0, 0.05) is 18.7 Å². The maximum absolute atomic E-state index is 11.8. The van der Waals surface area contributed by atoms with Gasteiger partial charge in [0.15, 0.2) is 0 Å². The van der Waals surface area contributed by atoms with E-state index < -0.39 is 26.8 Å². The van der Waals surface area contributed by atoms with Crippen molar-refractivity contribution in [2.45, 2.75) is 11.8 Å². The Morgan fingerprint density at radius 1 is 1.42 bits per heavy atom. The number of carboxylic acid groups (broad SMARTS) is 1. The van der Waals surface area contributed by atoms with Crippen molar-refractivity contribution in [2.24, 2.45) is 5.92 Å². The number of hydrogen-bond acceptors (Lipinski definition) is 5. The molecule has 0 radical (unpaired) electrons. The first-order chi connectivity index (χ1) is 8.74. The maximum atomic E-state index is 11.8. The average molecular weight is 288 g/mol. The van der Waals surface area contributed by atoms with Crippen LogP contribution in [0.5, 0.6) is 0 Å². The first-order valence-corrected chi connectivity index (χ1v) is 6.69. The van der Waals surface area contributed by atoms with Crippen LogP contribution in [0.4, 0.5) is 5.69 Å². The van der Waals surface area contributed by atoms with Gasteiger partial charge in [0.1, 0.15) is 0 Å². The minimum atomic E-state index is -3.87. The Morgan fingerprint density at radius 3 is 2.37 bits per heavy atom. The molecule has 0 heterocycles. The Labute approximate surface area is 109 Å². The summed E-state index contributed by atoms with van der Waals surface area (Å²) in [6.07, 6.45) is 0. The van der Waals surface area contributed by atoms with E-state index in [1.807, 2.05) is 0 Å². The standard InChI is InChI=1S/C10H12N2O6S/c1-7(10(13)14)6-11-19(17,18)9-4-2-8(3-5-9)12(15)16/h2-5,7,11H,6H2,1H3,(H,13,14)/t7-/m0/s1. The molecule has 0 aliphatic heterocycles. The van der Waals surface area contributed by atoms with E-state index in [0.29, 0.717) is 0 Å². The first-order valence-electron chi connectivity index (χ1n) is 5.21. The SMILES string of the molecule is C[C@@H](CNS(=O)(=O)c1ccc([N+](=O)[O-])cc1)C(=O)O. The van der Waals surface area contributed by atoms with Gasteiger partial charge >= 0.3 is 5.97 Å². The van der Waals surface area contributed by atoms with Crippen LogP contribution < -0.4 is 4.72 Å². The van der Waals surface area contributed by atoms with E-state index in [4.69, 9.17) is 5.11 Å². The highest BCUT2D eigenvalue weighted by molar-refractivity contribution is 7.89. The summed E-state index contributed by atoms with van der Waals surface area (Å²) >= 11 is 0. The fraction of sp³-hybridized carbons (Fsp3) is 0.300. The Bertz CT molecular complexity index is 581. The van der Waals surface area contributed by atoms with Crippen LogP contribution in [0.25, 0.3) is 0 Å². The second kappa shape index (κ2) is 5.76. The van der Waals surface area contributed by atoms with Gasteiger partial charge in [-0.15, -0.1) is 0 Å². The van der Waals surface area contributed by atoms with Crippen LogP contribution in [0.3, 0.4) is 0 Å². The summed E-state index contributed by atoms with van der Waals surface area (Å²) in [6.45, 7) is 1.11. The van der Waals surface area contributed by atoms with Crippen LogP contribution in [0.15, 0.2) is 29.2 Å². The molecule has 0 aliphatic carbocycles. The molecule has 0 bridgehead atoms. The lowest BCUT2D eigenvalue weighted by Gasteiger charge is -2.09. The van der Waals surface area contributed by atoms with E-state index in [9.17, 15) is 23.3 Å². The number of non-ortho nitro benzene ring substituents is 1. The summed E-state index contributed by atoms with van der Waals surface area (Å²) in [5.41, 5.74) is -0.224. The lowest BCUT2D eigenvalue weighted by Crippen LogP contribution is -2.31. The summed E-state index contributed by atoms with van der Waals surface area (Å²) in [5, 5.41) is 19.1. The molecule has 1 aromatic rings. The van der Waals surface area contributed by atoms with Gasteiger partial charge in [0.05, 0.1) is 15.7 Å². The number of carboxylic acids is 1. The molecule has 1 atom stereocenters. The summed E-state index contributed by atoms with van der Waals surface area (Å²) in [7, 11) is -3.87. The number of nitrogens with one attached hydrogen (secondary N) is 1. The van der Waals surface area contributed by atoms with Gasteiger partial charge in [0.2, 0.25) is 10.0 Å². The Hall–Kier alpha value is -2.00. The highest BCUT2D eigenvalue weighted by Gasteiger charge is 2.19. The van der Waals surface area contributed by atoms with Crippen molar-refractivity contribution in [2.75, 3.05) is 6.54 Å². The van der Waals surface area contributed by atoms with Crippen LogP contribution in [-0.4, -0.2) is 31.0 Å². The molecule has 19 heavy (non-hydrogen) atoms. The second-order valence-corrected chi connectivity index (χ2v) is 5.61. The molecule has 0 spiro atoms. The third kappa shape index (κ3) is 4.00. The Balaban J connectivity index is 2.83. The second-order valence-electron chi connectivity index (χ2n) is 3.84. The number of benzene rings is 1. The molecule has 104 valence electrons. The molecular weight excluding hydrogens is 276 g/mol. The van der Waals surface area contributed by atoms with Gasteiger partial charge < -0.3 is 5.11 Å². The molecule has 2 N–H and O–H groups in total. The first kappa shape index (κ1) is 15.1. The minimum absolute atomic E-state index is 0.157. The molecular formula is C10H12N2O6S. The van der Waals surface area contributed by atoms with Crippen LogP contribution in [0, 0.1) is 16.0 Å². The Morgan fingerprint density at radius 2 is 1.95 bits per heavy atom. The van der Waals surface area contributed by atoms with Crippen LogP contribution in [0.1, 0.15) is 6.92 Å². The molecule has 0 fully saturated rings. The molecule has 0 aromatic heterocycles. The monoisotopic (exact) mass is 288 g/mol. The maximum Gasteiger partial charge on any atom is 0.307 e. The van der Waals surface area contributed by atoms with Crippen molar-refractivity contribution in [1.29, 1.82) is 0 Å². The summed E-state index contributed by atoms with van der Waals surface area (Å²) in [4.78, 5) is 20.2. The molecule has 0 saturated heterocycles. The molecule has 9 heteroatoms. The van der Waals surface area contributed by atoms with Crippen LogP contribution in [-0.2, 0) is 14.8 Å². The zero-order valence-electron chi connectivity index (χ0n) is 9.94. The Kier molecular flexibility index (Phi) is 4.57. The highest BCUT2D eigenvalue weighted by Crippen LogP contribution is 2.15. The number of sulfonamides is 1. The molecule has 0 unspecified atom stereocenters. The van der Waals surface area contributed by atoms with E-state index >= 15 is 0 Å². The van der Waals surface area contributed by atoms with Crippen molar-refractivity contribution in [3.63, 3.8) is 0 Å². The van der Waals surface area contributed by atoms with Gasteiger partial charge in [-0.2, -0.15) is 0 Å². The topological polar surface area (TPSA) is 127 Å². The van der Waals surface area contributed by atoms with Crippen molar-refractivity contribution in [3.8, 4) is 0 Å². The third-order valence-electron chi connectivity index (χ3n) is 2.36. The molecule has 1 rings (SSSR count). The zero-order valence-corrected chi connectivity index (χ0v) is 10.8. The number of hydrogen-bond donors (Lipinski definition) is 2. The molecule has 8 nitrogen and oxygen atoms in total. The van der Waals surface area contributed by atoms with Crippen molar-refractivity contribution in [1.82, 2.24) is 4.72 Å². The lowest BCUT2D eigenvalue weighted by atomic mass is 10.2. The van der Waals surface area contributed by atoms with Crippen LogP contribution in [0.2, 0.25) is 0 Å². The number of rotatable bonds is 6. The summed E-state index contributed by atoms with van der Waals surface area (Å²) < 4.78 is 25.7. The van der Waals surface area contributed by atoms with E-state index in [1.54, 1.807) is 0 Å². The van der Waals surface area contributed by atoms with E-state index in [2.05, 4.69) is 4.72 Å². The average Bonchev–Trinajstić information content (AvgIpc) is 2.36. The van der Waals surface area contributed by atoms with Crippen molar-refractivity contribution < 1.29 is 23.2 Å². The number of nitro groups is 1. The van der Waals surface area contributed by atoms with Gasteiger partial charge in [-0.05, 0) is 12.1 Å². The van der Waals surface area contributed by atoms with Gasteiger partial charge in [-0.25, -0.2) is 13.1 Å². The van der Waals surface area contributed by atoms with Crippen molar-refractivity contribution >= 4 is 21.7 Å². The zero-order chi connectivity index (χ0) is 14.6. The highest BCUT2D eigenvalue weighted by atomic mass is 32.2. The number of nitrogens with zero attached hydrogens (tertiary/aromatic N) is 1. The van der Waals surface area contributed by atoms with E-state index in [1.165, 1.54) is 6.92 Å². The predicted octanol–water partition coefficient (Wildman–Crippen LogP) is 0.594. The van der Waals surface area contributed by atoms with E-state index in [-0.39, 0.29) is 17.1 Å². The van der Waals surface area contributed by atoms with Gasteiger partial charge in [-0.1, -0.05) is 6.92 Å². The predicted molar refractivity (Wildman–Crippen MR) is 65.1 cm³/mol. The largest absolute Gasteiger partial charge is 0.481 e. The quantitative estimate of drug-likeness (QED) is 0.582. The van der Waals surface area contributed by atoms with Crippen molar-refractivity contribution in [3.05, 3.63) is 34.4 Å². The molecule has 0 amide bonds. The van der Waals surface area contributed by atoms with E-state index in [0.717, 1.165) is 24.3 Å². The molecule has 0 aliphatic rings. The lowest BCUT2D eigenvalue weighted by molar-refractivity contribution is -0.384. The minimum Gasteiger partial charge on any atom is -0.481 e. The third-order valence-corrected chi connectivity index (χ3v) is 3.80. The number of carbonyl (C=O) groups is 1. The number of nitro benzene ring substituents is 1. The van der Waals surface area contributed by atoms with Crippen LogP contribution >= 0.6 is 0 Å².